The minimum Gasteiger partial charge on any atom is -0.458 e. The van der Waals surface area contributed by atoms with E-state index in [9.17, 15) is 81.5 Å². The molecule has 31 nitrogen and oxygen atoms in total. The smallest absolute Gasteiger partial charge is 0.307 e. The Bertz CT molecular complexity index is 4790. The van der Waals surface area contributed by atoms with E-state index in [2.05, 4.69) is 19.9 Å². The first-order valence-electron chi connectivity index (χ1n) is 43.9. The van der Waals surface area contributed by atoms with Crippen molar-refractivity contribution < 1.29 is 149 Å². The normalized spacial score (nSPS) is 27.6. The van der Waals surface area contributed by atoms with E-state index < -0.39 is 142 Å². The van der Waals surface area contributed by atoms with Crippen LogP contribution in [0.3, 0.4) is 0 Å². The van der Waals surface area contributed by atoms with Crippen molar-refractivity contribution in [3.63, 3.8) is 0 Å². The minimum absolute atomic E-state index is 0. The van der Waals surface area contributed by atoms with Gasteiger partial charge >= 0.3 is 59.7 Å². The van der Waals surface area contributed by atoms with Gasteiger partial charge in [-0.25, -0.2) is 0 Å². The van der Waals surface area contributed by atoms with E-state index in [1.54, 1.807) is 61.6 Å². The first kappa shape index (κ1) is 122. The lowest BCUT2D eigenvalue weighted by Gasteiger charge is -2.34. The Kier molecular flexibility index (Phi) is 51.6. The van der Waals surface area contributed by atoms with Crippen molar-refractivity contribution in [1.29, 1.82) is 0 Å². The summed E-state index contributed by atoms with van der Waals surface area (Å²) in [6, 6.07) is 0. The van der Waals surface area contributed by atoms with Gasteiger partial charge in [0.15, 0.2) is 28.9 Å². The van der Waals surface area contributed by atoms with Gasteiger partial charge in [0.1, 0.15) is 73.6 Å². The fraction of sp³-hybridized carbons (Fsp3) is 0.552. The summed E-state index contributed by atoms with van der Waals surface area (Å²) in [5, 5.41) is 36.1. The van der Waals surface area contributed by atoms with Crippen molar-refractivity contribution in [2.24, 2.45) is 27.1 Å². The van der Waals surface area contributed by atoms with Crippen LogP contribution in [-0.4, -0.2) is 209 Å². The Morgan fingerprint density at radius 3 is 0.743 bits per heavy atom. The van der Waals surface area contributed by atoms with E-state index in [1.807, 2.05) is 65.8 Å². The first-order valence-corrected chi connectivity index (χ1v) is 43.9. The van der Waals surface area contributed by atoms with Crippen molar-refractivity contribution in [2.45, 2.75) is 324 Å². The molecule has 0 aromatic heterocycles. The van der Waals surface area contributed by atoms with E-state index in [-0.39, 0.29) is 163 Å². The number of ketones is 5. The van der Waals surface area contributed by atoms with Crippen LogP contribution in [0.15, 0.2) is 177 Å². The number of esters is 10. The van der Waals surface area contributed by atoms with Gasteiger partial charge in [-0.05, 0) is 229 Å². The molecule has 0 aromatic rings. The highest BCUT2D eigenvalue weighted by molar-refractivity contribution is 6.04. The molecule has 5 aliphatic heterocycles. The summed E-state index contributed by atoms with van der Waals surface area (Å²) in [5.41, 5.74) is 3.40. The Morgan fingerprint density at radius 1 is 0.309 bits per heavy atom. The van der Waals surface area contributed by atoms with Crippen LogP contribution in [-0.2, 0) is 129 Å². The summed E-state index contributed by atoms with van der Waals surface area (Å²) in [4.78, 5) is 200. The SMILES string of the molecule is C.C.C.C.C.CC(=O)O[C@@H]1C=CC(=O)C2(CC(=O)O[C@@H]2/C=C(\C)CC/C=C(/C=O)CO)C1.CC(=O)O[C@@H]1C=CC(=O)C2(CC(=O)O[C@@H]2/C=C(\C)CC/C=C(\C)C=O)C1.CC(=O)O[C@@H]1C=CC(=O)C2(CC(=O)O[C@@H]2/C=C(\C)CC/C=C(\C)CO)C1.CC(=O)O[C@@H]1C=CC(=O)C2(CC(=O)O[C@@H]2/C=C(\C)CCC=C(C)C)C1.CC(=O)O[C@@H]1C=CC(=O)C2(CC(=O)O[C@@H]2/C=C(\C)CCC=C(CO)CO)C1. The van der Waals surface area contributed by atoms with Crippen LogP contribution in [0.1, 0.15) is 262 Å². The lowest BCUT2D eigenvalue weighted by Crippen LogP contribution is -2.43. The molecule has 0 saturated carbocycles. The van der Waals surface area contributed by atoms with Gasteiger partial charge in [0, 0.05) is 72.3 Å². The molecule has 0 radical (unpaired) electrons. The molecule has 10 aliphatic rings. The van der Waals surface area contributed by atoms with Gasteiger partial charge in [-0.3, -0.25) is 81.5 Å². The quantitative estimate of drug-likeness (QED) is 0.0165. The van der Waals surface area contributed by atoms with E-state index in [1.165, 1.54) is 76.6 Å². The van der Waals surface area contributed by atoms with Crippen molar-refractivity contribution in [2.75, 3.05) is 26.4 Å². The largest absolute Gasteiger partial charge is 0.458 e. The highest BCUT2D eigenvalue weighted by atomic mass is 16.6. The molecule has 5 saturated heterocycles. The van der Waals surface area contributed by atoms with Gasteiger partial charge in [0.2, 0.25) is 0 Å². The maximum absolute atomic E-state index is 12.6. The summed E-state index contributed by atoms with van der Waals surface area (Å²) in [6.07, 6.45) is 36.4. The molecule has 752 valence electrons. The average Bonchev–Trinajstić information content (AvgIpc) is 1.63. The lowest BCUT2D eigenvalue weighted by atomic mass is 9.69. The first-order chi connectivity index (χ1) is 61.9. The van der Waals surface area contributed by atoms with Crippen LogP contribution >= 0.6 is 0 Å². The second-order valence-electron chi connectivity index (χ2n) is 35.1. The third-order valence-electron chi connectivity index (χ3n) is 23.9. The van der Waals surface area contributed by atoms with Crippen molar-refractivity contribution in [3.8, 4) is 0 Å². The van der Waals surface area contributed by atoms with Gasteiger partial charge in [-0.1, -0.05) is 107 Å². The summed E-state index contributed by atoms with van der Waals surface area (Å²) in [6.45, 7) is 23.1. The van der Waals surface area contributed by atoms with Crippen LogP contribution in [0.25, 0.3) is 0 Å². The number of carbonyl (C=O) groups excluding carboxylic acids is 17. The molecule has 5 aliphatic carbocycles. The molecule has 0 aromatic carbocycles. The minimum atomic E-state index is -1.07. The standard InChI is InChI=1S/C20H26O7.C20H24O7.C20H26O6.C20H24O6.C20H26O5.5CH4/c2*1-13(4-3-5-15(11-21)12-22)8-18-20(10-19(25)27-18)9-16(26-14(2)23)6-7-17(20)24;2*1-13(5-4-6-14(2)12-21)9-18-20(11-19(24)26-18)10-16(25-15(3)22)7-8-17(20)23;1-13(2)6-5-7-14(3)10-18-20(12-19(23)25-18)11-16(24-15(4)21)8-9-17(20)22;;;;;/h5-8,16,18,21-22H,3-4,9-12H2,1-2H3;5-8,11,16,18,22H,3-4,9-10,12H2,1-2H3;6-9,16,18,21H,4-5,10-12H2,1-3H3;6-9,12,16,18H,4-5,10-11H2,1-3H3;6,8-10,16,18H,5,7,11-12H2,1-4H3;5*1H4/b13-8+;13-8+,15-5-;2*13-9+,14-6+;14-10+;;;;;/t5*16-,18-,20?;;;;;/m11111...../s1. The third kappa shape index (κ3) is 35.5. The molecule has 0 amide bonds. The molecule has 5 fully saturated rings. The van der Waals surface area contributed by atoms with Crippen molar-refractivity contribution >= 4 is 101 Å². The molecule has 5 unspecified atom stereocenters. The highest BCUT2D eigenvalue weighted by Crippen LogP contribution is 2.51. The Balaban J connectivity index is 0.000000842. The summed E-state index contributed by atoms with van der Waals surface area (Å²) in [7, 11) is 0. The molecule has 4 N–H and O–H groups in total. The van der Waals surface area contributed by atoms with Gasteiger partial charge < -0.3 is 67.8 Å². The number of hydrogen-bond acceptors (Lipinski definition) is 31. The van der Waals surface area contributed by atoms with E-state index in [4.69, 9.17) is 67.8 Å². The number of aldehydes is 2. The number of carbonyl (C=O) groups is 17. The van der Waals surface area contributed by atoms with E-state index in [0.717, 1.165) is 65.4 Å². The van der Waals surface area contributed by atoms with Gasteiger partial charge in [-0.15, -0.1) is 0 Å². The molecule has 136 heavy (non-hydrogen) atoms. The summed E-state index contributed by atoms with van der Waals surface area (Å²) >= 11 is 0. The molecule has 0 bridgehead atoms. The zero-order chi connectivity index (χ0) is 97.3. The van der Waals surface area contributed by atoms with E-state index in [0.29, 0.717) is 61.5 Å². The van der Waals surface area contributed by atoms with E-state index >= 15 is 0 Å². The monoisotopic (exact) mass is 1900 g/mol. The maximum Gasteiger partial charge on any atom is 0.307 e. The lowest BCUT2D eigenvalue weighted by molar-refractivity contribution is -0.149. The molecule has 31 heteroatoms. The molecule has 15 atom stereocenters. The fourth-order valence-corrected chi connectivity index (χ4v) is 17.0. The van der Waals surface area contributed by atoms with Crippen molar-refractivity contribution in [1.82, 2.24) is 0 Å². The highest BCUT2D eigenvalue weighted by Gasteiger charge is 2.60. The average molecular weight is 1900 g/mol. The Morgan fingerprint density at radius 2 is 0.537 bits per heavy atom. The number of ether oxygens (including phenoxy) is 10. The van der Waals surface area contributed by atoms with Gasteiger partial charge in [0.05, 0.1) is 85.6 Å². The van der Waals surface area contributed by atoms with Crippen LogP contribution < -0.4 is 0 Å². The summed E-state index contributed by atoms with van der Waals surface area (Å²) in [5.74, 6) is -5.22. The predicted molar refractivity (Wildman–Crippen MR) is 508 cm³/mol. The zero-order valence-corrected chi connectivity index (χ0v) is 77.3. The Labute approximate surface area is 800 Å². The van der Waals surface area contributed by atoms with Crippen LogP contribution in [0.5, 0.6) is 0 Å². The van der Waals surface area contributed by atoms with Crippen LogP contribution in [0.2, 0.25) is 0 Å². The van der Waals surface area contributed by atoms with Crippen LogP contribution in [0.4, 0.5) is 0 Å². The Hall–Kier alpha value is -11.7. The van der Waals surface area contributed by atoms with Crippen LogP contribution in [0, 0.1) is 27.1 Å². The molecule has 5 heterocycles. The van der Waals surface area contributed by atoms with Gasteiger partial charge in [-0.2, -0.15) is 0 Å². The number of hydrogen-bond donors (Lipinski definition) is 4. The number of rotatable bonds is 31. The maximum atomic E-state index is 12.6. The second kappa shape index (κ2) is 57.4. The predicted octanol–water partition coefficient (Wildman–Crippen LogP) is 14.6. The number of allylic oxidation sites excluding steroid dienone is 17. The number of aliphatic hydroxyl groups is 4. The number of aliphatic hydroxyl groups excluding tert-OH is 4. The molecule has 10 rings (SSSR count). The number of cyclic esters (lactones) is 5. The molecular weight excluding hydrogens is 1760 g/mol. The second-order valence-corrected chi connectivity index (χ2v) is 35.1. The van der Waals surface area contributed by atoms with Gasteiger partial charge in [0.25, 0.3) is 0 Å². The molecular formula is C105H146O31. The zero-order valence-electron chi connectivity index (χ0n) is 77.3. The molecule has 5 spiro atoms. The fourth-order valence-electron chi connectivity index (χ4n) is 17.0. The topological polar surface area (TPSA) is 463 Å². The van der Waals surface area contributed by atoms with Crippen molar-refractivity contribution in [3.05, 3.63) is 177 Å². The third-order valence-corrected chi connectivity index (χ3v) is 23.9. The summed E-state index contributed by atoms with van der Waals surface area (Å²) < 4.78 is 53.2.